The molecule has 1 aliphatic carbocycles. The van der Waals surface area contributed by atoms with Crippen LogP contribution in [0, 0.1) is 6.92 Å². The lowest BCUT2D eigenvalue weighted by atomic mass is 9.76. The molecule has 2 aromatic carbocycles. The van der Waals surface area contributed by atoms with Crippen molar-refractivity contribution in [3.05, 3.63) is 70.8 Å². The van der Waals surface area contributed by atoms with Gasteiger partial charge in [-0.3, -0.25) is 9.69 Å². The molecule has 1 fully saturated rings. The van der Waals surface area contributed by atoms with Crippen LogP contribution in [0.25, 0.3) is 0 Å². The fraction of sp³-hybridized carbons (Fsp3) is 0.300. The minimum absolute atomic E-state index is 0.122. The van der Waals surface area contributed by atoms with Crippen molar-refractivity contribution < 1.29 is 9.59 Å². The molecular formula is C20H20N2O2. The average molecular weight is 320 g/mol. The van der Waals surface area contributed by atoms with Gasteiger partial charge in [-0.15, -0.1) is 0 Å². The number of hydrogen-bond acceptors (Lipinski definition) is 2. The minimum atomic E-state index is -0.880. The summed E-state index contributed by atoms with van der Waals surface area (Å²) < 4.78 is 0. The Kier molecular flexibility index (Phi) is 3.41. The zero-order valence-corrected chi connectivity index (χ0v) is 13.7. The van der Waals surface area contributed by atoms with E-state index in [-0.39, 0.29) is 11.9 Å². The second kappa shape index (κ2) is 5.48. The number of carbonyl (C=O) groups is 2. The van der Waals surface area contributed by atoms with Gasteiger partial charge in [-0.05, 0) is 48.4 Å². The molecule has 1 heterocycles. The average Bonchev–Trinajstić information content (AvgIpc) is 2.82. The summed E-state index contributed by atoms with van der Waals surface area (Å²) in [5, 5.41) is 3.00. The second-order valence-electron chi connectivity index (χ2n) is 6.66. The molecule has 0 aromatic heterocycles. The van der Waals surface area contributed by atoms with Gasteiger partial charge in [0.2, 0.25) is 0 Å². The first kappa shape index (κ1) is 14.9. The van der Waals surface area contributed by atoms with Crippen LogP contribution < -0.4 is 5.32 Å². The maximum absolute atomic E-state index is 13.2. The molecule has 1 spiro atoms. The van der Waals surface area contributed by atoms with Gasteiger partial charge in [0.05, 0.1) is 6.54 Å². The third kappa shape index (κ3) is 2.13. The van der Waals surface area contributed by atoms with E-state index in [1.54, 1.807) is 0 Å². The maximum atomic E-state index is 13.2. The van der Waals surface area contributed by atoms with E-state index in [0.717, 1.165) is 35.1 Å². The fourth-order valence-electron chi connectivity index (χ4n) is 3.91. The van der Waals surface area contributed by atoms with E-state index in [2.05, 4.69) is 11.4 Å². The lowest BCUT2D eigenvalue weighted by Gasteiger charge is -2.33. The number of aryl methyl sites for hydroxylation is 2. The number of imide groups is 1. The first-order chi connectivity index (χ1) is 11.6. The van der Waals surface area contributed by atoms with E-state index in [9.17, 15) is 9.59 Å². The lowest BCUT2D eigenvalue weighted by Crippen LogP contribution is -2.46. The number of hydrogen-bond donors (Lipinski definition) is 1. The zero-order valence-electron chi connectivity index (χ0n) is 13.7. The van der Waals surface area contributed by atoms with Gasteiger partial charge >= 0.3 is 6.03 Å². The molecule has 2 aromatic rings. The zero-order chi connectivity index (χ0) is 16.7. The summed E-state index contributed by atoms with van der Waals surface area (Å²) in [6.45, 7) is 2.32. The third-order valence-corrected chi connectivity index (χ3v) is 5.24. The highest BCUT2D eigenvalue weighted by Gasteiger charge is 2.53. The summed E-state index contributed by atoms with van der Waals surface area (Å²) in [5.41, 5.74) is 3.33. The molecule has 122 valence electrons. The van der Waals surface area contributed by atoms with Crippen LogP contribution in [0.2, 0.25) is 0 Å². The van der Waals surface area contributed by atoms with Crippen LogP contribution in [-0.4, -0.2) is 16.8 Å². The Morgan fingerprint density at radius 1 is 1.08 bits per heavy atom. The van der Waals surface area contributed by atoms with E-state index in [1.807, 2.05) is 49.4 Å². The van der Waals surface area contributed by atoms with Gasteiger partial charge in [0, 0.05) is 0 Å². The van der Waals surface area contributed by atoms with Crippen molar-refractivity contribution in [1.82, 2.24) is 10.2 Å². The van der Waals surface area contributed by atoms with Crippen molar-refractivity contribution in [3.63, 3.8) is 0 Å². The van der Waals surface area contributed by atoms with Crippen molar-refractivity contribution in [2.75, 3.05) is 0 Å². The van der Waals surface area contributed by atoms with Crippen molar-refractivity contribution >= 4 is 11.9 Å². The van der Waals surface area contributed by atoms with E-state index in [4.69, 9.17) is 0 Å². The van der Waals surface area contributed by atoms with Crippen molar-refractivity contribution in [3.8, 4) is 0 Å². The summed E-state index contributed by atoms with van der Waals surface area (Å²) in [5.74, 6) is -0.122. The number of nitrogens with one attached hydrogen (secondary N) is 1. The van der Waals surface area contributed by atoms with Gasteiger partial charge in [0.25, 0.3) is 5.91 Å². The Bertz CT molecular complexity index is 830. The van der Waals surface area contributed by atoms with Crippen molar-refractivity contribution in [2.45, 2.75) is 38.3 Å². The molecule has 24 heavy (non-hydrogen) atoms. The quantitative estimate of drug-likeness (QED) is 0.863. The molecule has 4 rings (SSSR count). The molecule has 1 atom stereocenters. The molecule has 3 amide bonds. The van der Waals surface area contributed by atoms with Crippen LogP contribution >= 0.6 is 0 Å². The molecule has 0 saturated carbocycles. The van der Waals surface area contributed by atoms with Gasteiger partial charge in [-0.2, -0.15) is 0 Å². The largest absolute Gasteiger partial charge is 0.325 e. The summed E-state index contributed by atoms with van der Waals surface area (Å²) in [7, 11) is 0. The summed E-state index contributed by atoms with van der Waals surface area (Å²) >= 11 is 0. The number of urea groups is 1. The number of rotatable bonds is 2. The Labute approximate surface area is 141 Å². The van der Waals surface area contributed by atoms with E-state index in [1.165, 1.54) is 4.90 Å². The van der Waals surface area contributed by atoms with E-state index < -0.39 is 5.54 Å². The fourth-order valence-corrected chi connectivity index (χ4v) is 3.91. The molecule has 1 aliphatic heterocycles. The SMILES string of the molecule is Cc1ccccc1CN1C(=O)N[C@]2(CCCc3ccccc32)C1=O. The molecule has 0 bridgehead atoms. The first-order valence-electron chi connectivity index (χ1n) is 8.39. The number of fused-ring (bicyclic) bond motifs is 2. The highest BCUT2D eigenvalue weighted by atomic mass is 16.2. The van der Waals surface area contributed by atoms with Gasteiger partial charge in [-0.1, -0.05) is 48.5 Å². The highest BCUT2D eigenvalue weighted by Crippen LogP contribution is 2.40. The Morgan fingerprint density at radius 3 is 2.67 bits per heavy atom. The van der Waals surface area contributed by atoms with Crippen LogP contribution in [0.5, 0.6) is 0 Å². The number of benzene rings is 2. The van der Waals surface area contributed by atoms with Crippen LogP contribution in [0.15, 0.2) is 48.5 Å². The lowest BCUT2D eigenvalue weighted by molar-refractivity contribution is -0.132. The van der Waals surface area contributed by atoms with Crippen molar-refractivity contribution in [2.24, 2.45) is 0 Å². The summed E-state index contributed by atoms with van der Waals surface area (Å²) in [6, 6.07) is 15.5. The molecule has 1 saturated heterocycles. The smallest absolute Gasteiger partial charge is 0.319 e. The molecule has 4 heteroatoms. The predicted molar refractivity (Wildman–Crippen MR) is 91.3 cm³/mol. The predicted octanol–water partition coefficient (Wildman–Crippen LogP) is 3.28. The summed E-state index contributed by atoms with van der Waals surface area (Å²) in [4.78, 5) is 27.2. The second-order valence-corrected chi connectivity index (χ2v) is 6.66. The standard InChI is InChI=1S/C20H20N2O2/c1-14-7-2-3-9-16(14)13-22-18(23)20(21-19(22)24)12-6-10-15-8-4-5-11-17(15)20/h2-5,7-9,11H,6,10,12-13H2,1H3,(H,21,24)/t20-/m0/s1. The molecule has 0 unspecified atom stereocenters. The number of amides is 3. The Morgan fingerprint density at radius 2 is 1.83 bits per heavy atom. The maximum Gasteiger partial charge on any atom is 0.325 e. The normalized spacial score (nSPS) is 22.6. The van der Waals surface area contributed by atoms with Gasteiger partial charge in [-0.25, -0.2) is 4.79 Å². The molecule has 2 aliphatic rings. The van der Waals surface area contributed by atoms with E-state index in [0.29, 0.717) is 13.0 Å². The van der Waals surface area contributed by atoms with Gasteiger partial charge in [0.1, 0.15) is 5.54 Å². The summed E-state index contributed by atoms with van der Waals surface area (Å²) in [6.07, 6.45) is 2.53. The number of carbonyl (C=O) groups excluding carboxylic acids is 2. The van der Waals surface area contributed by atoms with Crippen LogP contribution in [-0.2, 0) is 23.3 Å². The third-order valence-electron chi connectivity index (χ3n) is 5.24. The molecule has 4 nitrogen and oxygen atoms in total. The topological polar surface area (TPSA) is 49.4 Å². The first-order valence-corrected chi connectivity index (χ1v) is 8.39. The van der Waals surface area contributed by atoms with Crippen LogP contribution in [0.4, 0.5) is 4.79 Å². The van der Waals surface area contributed by atoms with Gasteiger partial charge in [0.15, 0.2) is 0 Å². The Balaban J connectivity index is 1.71. The highest BCUT2D eigenvalue weighted by molar-refractivity contribution is 6.07. The van der Waals surface area contributed by atoms with E-state index >= 15 is 0 Å². The van der Waals surface area contributed by atoms with Gasteiger partial charge < -0.3 is 5.32 Å². The Hall–Kier alpha value is -2.62. The molecule has 0 radical (unpaired) electrons. The molecular weight excluding hydrogens is 300 g/mol. The molecule has 1 N–H and O–H groups in total. The minimum Gasteiger partial charge on any atom is -0.319 e. The van der Waals surface area contributed by atoms with Crippen LogP contribution in [0.1, 0.15) is 35.1 Å². The van der Waals surface area contributed by atoms with Crippen molar-refractivity contribution in [1.29, 1.82) is 0 Å². The monoisotopic (exact) mass is 320 g/mol. The van der Waals surface area contributed by atoms with Crippen LogP contribution in [0.3, 0.4) is 0 Å². The number of nitrogens with zero attached hydrogens (tertiary/aromatic N) is 1.